The van der Waals surface area contributed by atoms with Crippen LogP contribution in [-0.2, 0) is 0 Å². The van der Waals surface area contributed by atoms with Gasteiger partial charge in [0.2, 0.25) is 0 Å². The molecule has 0 bridgehead atoms. The molecule has 4 heteroatoms. The summed E-state index contributed by atoms with van der Waals surface area (Å²) < 4.78 is 0. The topological polar surface area (TPSA) is 49.8 Å². The van der Waals surface area contributed by atoms with Crippen molar-refractivity contribution in [2.75, 3.05) is 23.7 Å². The molecule has 0 atom stereocenters. The van der Waals surface area contributed by atoms with E-state index in [0.29, 0.717) is 0 Å². The second-order valence-electron chi connectivity index (χ2n) is 5.10. The molecule has 0 aliphatic rings. The lowest BCUT2D eigenvalue weighted by molar-refractivity contribution is 0.376. The number of rotatable bonds is 6. The Morgan fingerprint density at radius 2 is 1.71 bits per heavy atom. The first-order valence-corrected chi connectivity index (χ1v) is 6.29. The predicted molar refractivity (Wildman–Crippen MR) is 73.5 cm³/mol. The highest BCUT2D eigenvalue weighted by molar-refractivity contribution is 5.56. The Balaban J connectivity index is 2.75. The van der Waals surface area contributed by atoms with Gasteiger partial charge in [0.1, 0.15) is 18.0 Å². The second-order valence-corrected chi connectivity index (χ2v) is 5.10. The van der Waals surface area contributed by atoms with Gasteiger partial charge in [0, 0.05) is 18.7 Å². The van der Waals surface area contributed by atoms with Gasteiger partial charge in [-0.2, -0.15) is 0 Å². The van der Waals surface area contributed by atoms with Crippen LogP contribution in [0, 0.1) is 12.3 Å². The Morgan fingerprint density at radius 3 is 2.24 bits per heavy atom. The Hall–Kier alpha value is -1.32. The number of aromatic nitrogens is 2. The molecule has 0 aliphatic heterocycles. The Morgan fingerprint density at radius 1 is 1.12 bits per heavy atom. The molecular formula is C13H24N4. The zero-order chi connectivity index (χ0) is 12.9. The van der Waals surface area contributed by atoms with Crippen LogP contribution in [0.4, 0.5) is 11.6 Å². The lowest BCUT2D eigenvalue weighted by atomic mass is 9.90. The fraction of sp³-hybridized carbons (Fsp3) is 0.692. The van der Waals surface area contributed by atoms with Crippen LogP contribution >= 0.6 is 0 Å². The van der Waals surface area contributed by atoms with Gasteiger partial charge in [-0.15, -0.1) is 0 Å². The highest BCUT2D eigenvalue weighted by Gasteiger charge is 2.15. The first kappa shape index (κ1) is 13.7. The molecule has 0 saturated heterocycles. The van der Waals surface area contributed by atoms with Crippen molar-refractivity contribution in [3.8, 4) is 0 Å². The zero-order valence-electron chi connectivity index (χ0n) is 11.6. The predicted octanol–water partition coefficient (Wildman–Crippen LogP) is 3.06. The van der Waals surface area contributed by atoms with Crippen molar-refractivity contribution in [3.63, 3.8) is 0 Å². The maximum atomic E-state index is 4.30. The molecule has 17 heavy (non-hydrogen) atoms. The monoisotopic (exact) mass is 236 g/mol. The Bertz CT molecular complexity index is 360. The van der Waals surface area contributed by atoms with E-state index < -0.39 is 0 Å². The summed E-state index contributed by atoms with van der Waals surface area (Å²) in [5.41, 5.74) is 1.37. The van der Waals surface area contributed by atoms with Gasteiger partial charge < -0.3 is 10.6 Å². The summed E-state index contributed by atoms with van der Waals surface area (Å²) >= 11 is 0. The molecule has 4 nitrogen and oxygen atoms in total. The molecule has 96 valence electrons. The summed E-state index contributed by atoms with van der Waals surface area (Å²) in [6, 6.07) is 0. The number of hydrogen-bond donors (Lipinski definition) is 2. The van der Waals surface area contributed by atoms with E-state index in [2.05, 4.69) is 48.3 Å². The Labute approximate surface area is 104 Å². The van der Waals surface area contributed by atoms with Crippen LogP contribution in [0.3, 0.4) is 0 Å². The summed E-state index contributed by atoms with van der Waals surface area (Å²) in [6.07, 6.45) is 2.75. The summed E-state index contributed by atoms with van der Waals surface area (Å²) in [7, 11) is 0. The van der Waals surface area contributed by atoms with Gasteiger partial charge in [0.15, 0.2) is 0 Å². The minimum absolute atomic E-state index is 0.287. The van der Waals surface area contributed by atoms with E-state index in [9.17, 15) is 0 Å². The van der Waals surface area contributed by atoms with Crippen LogP contribution in [-0.4, -0.2) is 23.1 Å². The third-order valence-corrected chi connectivity index (χ3v) is 3.12. The lowest BCUT2D eigenvalue weighted by Gasteiger charge is -2.24. The Kier molecular flexibility index (Phi) is 4.73. The largest absolute Gasteiger partial charge is 0.370 e. The average molecular weight is 236 g/mol. The van der Waals surface area contributed by atoms with Crippen LogP contribution in [0.25, 0.3) is 0 Å². The molecule has 1 aromatic heterocycles. The molecule has 2 N–H and O–H groups in total. The number of nitrogens with zero attached hydrogens (tertiary/aromatic N) is 2. The molecule has 0 unspecified atom stereocenters. The van der Waals surface area contributed by atoms with Crippen molar-refractivity contribution in [2.45, 2.75) is 41.0 Å². The van der Waals surface area contributed by atoms with Crippen LogP contribution in [0.1, 0.15) is 39.7 Å². The van der Waals surface area contributed by atoms with Gasteiger partial charge in [-0.05, 0) is 25.7 Å². The highest BCUT2D eigenvalue weighted by Crippen LogP contribution is 2.23. The standard InChI is InChI=1S/C13H24N4/c1-6-13(4,5)8-15-12-10(3)11(14-7-2)16-9-17-12/h9H,6-8H2,1-5H3,(H2,14,15,16,17). The number of nitrogens with one attached hydrogen (secondary N) is 2. The maximum absolute atomic E-state index is 4.30. The smallest absolute Gasteiger partial charge is 0.134 e. The molecule has 1 heterocycles. The van der Waals surface area contributed by atoms with E-state index in [4.69, 9.17) is 0 Å². The number of hydrogen-bond acceptors (Lipinski definition) is 4. The average Bonchev–Trinajstić information content (AvgIpc) is 2.31. The molecule has 0 radical (unpaired) electrons. The molecule has 0 spiro atoms. The molecule has 0 amide bonds. The van der Waals surface area contributed by atoms with E-state index >= 15 is 0 Å². The molecule has 1 aromatic rings. The highest BCUT2D eigenvalue weighted by atomic mass is 15.1. The minimum Gasteiger partial charge on any atom is -0.370 e. The molecule has 0 aromatic carbocycles. The van der Waals surface area contributed by atoms with Crippen molar-refractivity contribution in [1.82, 2.24) is 9.97 Å². The van der Waals surface area contributed by atoms with Gasteiger partial charge in [0.05, 0.1) is 0 Å². The molecule has 0 aliphatic carbocycles. The summed E-state index contributed by atoms with van der Waals surface area (Å²) in [5.74, 6) is 1.84. The van der Waals surface area contributed by atoms with Crippen LogP contribution in [0.15, 0.2) is 6.33 Å². The van der Waals surface area contributed by atoms with E-state index in [0.717, 1.165) is 36.7 Å². The molecule has 0 fully saturated rings. The van der Waals surface area contributed by atoms with Gasteiger partial charge in [-0.25, -0.2) is 9.97 Å². The third kappa shape index (κ3) is 3.88. The molecular weight excluding hydrogens is 212 g/mol. The van der Waals surface area contributed by atoms with Crippen molar-refractivity contribution in [3.05, 3.63) is 11.9 Å². The van der Waals surface area contributed by atoms with Crippen molar-refractivity contribution in [2.24, 2.45) is 5.41 Å². The van der Waals surface area contributed by atoms with Crippen molar-refractivity contribution in [1.29, 1.82) is 0 Å². The van der Waals surface area contributed by atoms with Crippen LogP contribution < -0.4 is 10.6 Å². The van der Waals surface area contributed by atoms with E-state index in [1.807, 2.05) is 6.92 Å². The first-order valence-electron chi connectivity index (χ1n) is 6.29. The fourth-order valence-electron chi connectivity index (χ4n) is 1.42. The molecule has 0 saturated carbocycles. The van der Waals surface area contributed by atoms with Crippen LogP contribution in [0.2, 0.25) is 0 Å². The van der Waals surface area contributed by atoms with E-state index in [1.54, 1.807) is 6.33 Å². The van der Waals surface area contributed by atoms with E-state index in [1.165, 1.54) is 0 Å². The SMILES string of the molecule is CCNc1ncnc(NCC(C)(C)CC)c1C. The van der Waals surface area contributed by atoms with E-state index in [-0.39, 0.29) is 5.41 Å². The summed E-state index contributed by atoms with van der Waals surface area (Å²) in [4.78, 5) is 8.53. The third-order valence-electron chi connectivity index (χ3n) is 3.12. The maximum Gasteiger partial charge on any atom is 0.134 e. The van der Waals surface area contributed by atoms with Gasteiger partial charge in [-0.3, -0.25) is 0 Å². The van der Waals surface area contributed by atoms with Crippen molar-refractivity contribution < 1.29 is 0 Å². The summed E-state index contributed by atoms with van der Waals surface area (Å²) in [6.45, 7) is 12.6. The van der Waals surface area contributed by atoms with Crippen molar-refractivity contribution >= 4 is 11.6 Å². The molecule has 1 rings (SSSR count). The lowest BCUT2D eigenvalue weighted by Crippen LogP contribution is -2.23. The minimum atomic E-state index is 0.287. The zero-order valence-corrected chi connectivity index (χ0v) is 11.6. The normalized spacial score (nSPS) is 11.4. The fourth-order valence-corrected chi connectivity index (χ4v) is 1.42. The first-order chi connectivity index (χ1) is 8.00. The number of anilines is 2. The summed E-state index contributed by atoms with van der Waals surface area (Å²) in [5, 5.41) is 6.65. The van der Waals surface area contributed by atoms with Gasteiger partial charge >= 0.3 is 0 Å². The van der Waals surface area contributed by atoms with Crippen LogP contribution in [0.5, 0.6) is 0 Å². The van der Waals surface area contributed by atoms with Gasteiger partial charge in [-0.1, -0.05) is 20.8 Å². The van der Waals surface area contributed by atoms with Gasteiger partial charge in [0.25, 0.3) is 0 Å². The quantitative estimate of drug-likeness (QED) is 0.797. The second kappa shape index (κ2) is 5.84.